The molecule has 6 heteroatoms. The zero-order chi connectivity index (χ0) is 25.2. The SMILES string of the molecule is CC(=O)OC1C(OCc2ccccc2)[C@@H](OCc2ccccc2)C(COCc2ccccc2)O[C@H]1C. The largest absolute Gasteiger partial charge is 0.457 e. The van der Waals surface area contributed by atoms with Gasteiger partial charge in [-0.2, -0.15) is 0 Å². The van der Waals surface area contributed by atoms with E-state index in [1.807, 2.05) is 97.9 Å². The van der Waals surface area contributed by atoms with Crippen LogP contribution in [0.4, 0.5) is 0 Å². The van der Waals surface area contributed by atoms with Crippen LogP contribution in [0, 0.1) is 0 Å². The molecule has 0 radical (unpaired) electrons. The lowest BCUT2D eigenvalue weighted by molar-refractivity contribution is -0.262. The maximum absolute atomic E-state index is 12.0. The second-order valence-electron chi connectivity index (χ2n) is 8.98. The van der Waals surface area contributed by atoms with Gasteiger partial charge in [0.1, 0.15) is 18.3 Å². The van der Waals surface area contributed by atoms with Crippen molar-refractivity contribution in [1.29, 1.82) is 0 Å². The van der Waals surface area contributed by atoms with Crippen molar-refractivity contribution >= 4 is 5.97 Å². The summed E-state index contributed by atoms with van der Waals surface area (Å²) in [5, 5.41) is 0. The summed E-state index contributed by atoms with van der Waals surface area (Å²) >= 11 is 0. The third-order valence-corrected chi connectivity index (χ3v) is 6.13. The number of hydrogen-bond acceptors (Lipinski definition) is 6. The minimum atomic E-state index is -0.614. The molecule has 1 fully saturated rings. The van der Waals surface area contributed by atoms with Crippen LogP contribution in [0.15, 0.2) is 91.0 Å². The number of carbonyl (C=O) groups is 1. The van der Waals surface area contributed by atoms with E-state index in [9.17, 15) is 4.79 Å². The molecule has 0 amide bonds. The van der Waals surface area contributed by atoms with Crippen molar-refractivity contribution in [1.82, 2.24) is 0 Å². The maximum atomic E-state index is 12.0. The number of rotatable bonds is 11. The maximum Gasteiger partial charge on any atom is 0.303 e. The van der Waals surface area contributed by atoms with Gasteiger partial charge in [-0.05, 0) is 23.6 Å². The van der Waals surface area contributed by atoms with Gasteiger partial charge < -0.3 is 23.7 Å². The van der Waals surface area contributed by atoms with Gasteiger partial charge in [-0.1, -0.05) is 91.0 Å². The van der Waals surface area contributed by atoms with Crippen LogP contribution >= 0.6 is 0 Å². The van der Waals surface area contributed by atoms with E-state index in [-0.39, 0.29) is 5.97 Å². The molecule has 3 aromatic rings. The molecule has 3 unspecified atom stereocenters. The minimum absolute atomic E-state index is 0.316. The number of ether oxygens (including phenoxy) is 5. The first-order chi connectivity index (χ1) is 17.6. The molecular weight excluding hydrogens is 456 g/mol. The first-order valence-corrected chi connectivity index (χ1v) is 12.4. The quantitative estimate of drug-likeness (QED) is 0.349. The number of benzene rings is 3. The molecule has 1 aliphatic heterocycles. The molecule has 1 saturated heterocycles. The summed E-state index contributed by atoms with van der Waals surface area (Å²) in [6.07, 6.45) is -2.45. The van der Waals surface area contributed by atoms with Crippen LogP contribution in [0.25, 0.3) is 0 Å². The van der Waals surface area contributed by atoms with Crippen molar-refractivity contribution in [2.24, 2.45) is 0 Å². The Morgan fingerprint density at radius 3 is 1.67 bits per heavy atom. The van der Waals surface area contributed by atoms with E-state index in [2.05, 4.69) is 0 Å². The molecule has 0 spiro atoms. The summed E-state index contributed by atoms with van der Waals surface area (Å²) in [4.78, 5) is 12.0. The summed E-state index contributed by atoms with van der Waals surface area (Å²) in [5.41, 5.74) is 3.14. The van der Waals surface area contributed by atoms with Gasteiger partial charge in [0.15, 0.2) is 6.10 Å². The van der Waals surface area contributed by atoms with Crippen molar-refractivity contribution in [3.63, 3.8) is 0 Å². The van der Waals surface area contributed by atoms with Crippen molar-refractivity contribution in [2.45, 2.75) is 64.2 Å². The van der Waals surface area contributed by atoms with Crippen LogP contribution in [0.3, 0.4) is 0 Å². The summed E-state index contributed by atoms with van der Waals surface area (Å²) in [7, 11) is 0. The molecule has 1 heterocycles. The fraction of sp³-hybridized carbons (Fsp3) is 0.367. The van der Waals surface area contributed by atoms with Gasteiger partial charge in [0.25, 0.3) is 0 Å². The monoisotopic (exact) mass is 490 g/mol. The Balaban J connectivity index is 1.53. The van der Waals surface area contributed by atoms with E-state index in [1.54, 1.807) is 0 Å². The highest BCUT2D eigenvalue weighted by Gasteiger charge is 2.47. The summed E-state index contributed by atoms with van der Waals surface area (Å²) in [5.74, 6) is -0.385. The van der Waals surface area contributed by atoms with Gasteiger partial charge in [-0.25, -0.2) is 0 Å². The molecule has 36 heavy (non-hydrogen) atoms. The Hall–Kier alpha value is -3.03. The predicted octanol–water partition coefficient (Wildman–Crippen LogP) is 5.09. The highest BCUT2D eigenvalue weighted by atomic mass is 16.6. The van der Waals surface area contributed by atoms with Crippen molar-refractivity contribution in [2.75, 3.05) is 6.61 Å². The molecule has 0 aromatic heterocycles. The normalized spacial score (nSPS) is 23.8. The van der Waals surface area contributed by atoms with E-state index in [4.69, 9.17) is 23.7 Å². The molecule has 6 nitrogen and oxygen atoms in total. The van der Waals surface area contributed by atoms with E-state index in [0.29, 0.717) is 26.4 Å². The van der Waals surface area contributed by atoms with Gasteiger partial charge in [0.05, 0.1) is 32.5 Å². The highest BCUT2D eigenvalue weighted by molar-refractivity contribution is 5.66. The first kappa shape index (κ1) is 26.0. The average molecular weight is 491 g/mol. The van der Waals surface area contributed by atoms with Crippen LogP contribution in [0.1, 0.15) is 30.5 Å². The molecular formula is C30H34O6. The van der Waals surface area contributed by atoms with E-state index < -0.39 is 30.5 Å². The number of esters is 1. The van der Waals surface area contributed by atoms with Crippen LogP contribution in [-0.4, -0.2) is 43.1 Å². The molecule has 0 N–H and O–H groups in total. The summed E-state index contributed by atoms with van der Waals surface area (Å²) < 4.78 is 30.9. The molecule has 4 rings (SSSR count). The van der Waals surface area contributed by atoms with Crippen molar-refractivity contribution < 1.29 is 28.5 Å². The molecule has 5 atom stereocenters. The molecule has 3 aromatic carbocycles. The predicted molar refractivity (Wildman–Crippen MR) is 136 cm³/mol. The standard InChI is InChI=1S/C30H34O6/c1-22-28(36-23(2)31)30(34-20-26-16-10-5-11-17-26)29(33-19-25-14-8-4-9-15-25)27(35-22)21-32-18-24-12-6-3-7-13-24/h3-17,22,27-30H,18-21H2,1-2H3/t22-,27?,28?,29-,30?/m0/s1. The number of hydrogen-bond donors (Lipinski definition) is 0. The van der Waals surface area contributed by atoms with Crippen LogP contribution in [-0.2, 0) is 48.3 Å². The minimum Gasteiger partial charge on any atom is -0.457 e. The zero-order valence-corrected chi connectivity index (χ0v) is 20.8. The van der Waals surface area contributed by atoms with Gasteiger partial charge in [0.2, 0.25) is 0 Å². The van der Waals surface area contributed by atoms with Crippen LogP contribution < -0.4 is 0 Å². The number of carbonyl (C=O) groups excluding carboxylic acids is 1. The Labute approximate surface area is 213 Å². The van der Waals surface area contributed by atoms with Gasteiger partial charge in [0, 0.05) is 6.92 Å². The van der Waals surface area contributed by atoms with Gasteiger partial charge in [-0.3, -0.25) is 4.79 Å². The fourth-order valence-corrected chi connectivity index (χ4v) is 4.38. The average Bonchev–Trinajstić information content (AvgIpc) is 2.90. The third kappa shape index (κ3) is 7.48. The molecule has 1 aliphatic rings. The lowest BCUT2D eigenvalue weighted by Crippen LogP contribution is -2.60. The second-order valence-corrected chi connectivity index (χ2v) is 8.98. The first-order valence-electron chi connectivity index (χ1n) is 12.4. The van der Waals surface area contributed by atoms with Crippen molar-refractivity contribution in [3.05, 3.63) is 108 Å². The summed E-state index contributed by atoms with van der Waals surface area (Å²) in [6, 6.07) is 29.9. The highest BCUT2D eigenvalue weighted by Crippen LogP contribution is 2.30. The lowest BCUT2D eigenvalue weighted by atomic mass is 9.94. The van der Waals surface area contributed by atoms with Crippen LogP contribution in [0.5, 0.6) is 0 Å². The van der Waals surface area contributed by atoms with Crippen LogP contribution in [0.2, 0.25) is 0 Å². The zero-order valence-electron chi connectivity index (χ0n) is 20.8. The Morgan fingerprint density at radius 1 is 0.694 bits per heavy atom. The van der Waals surface area contributed by atoms with E-state index in [1.165, 1.54) is 6.92 Å². The second kappa shape index (κ2) is 13.3. The Kier molecular flexibility index (Phi) is 9.64. The smallest absolute Gasteiger partial charge is 0.303 e. The molecule has 0 saturated carbocycles. The van der Waals surface area contributed by atoms with E-state index >= 15 is 0 Å². The lowest BCUT2D eigenvalue weighted by Gasteiger charge is -2.44. The van der Waals surface area contributed by atoms with Gasteiger partial charge in [-0.15, -0.1) is 0 Å². The fourth-order valence-electron chi connectivity index (χ4n) is 4.38. The molecule has 0 bridgehead atoms. The van der Waals surface area contributed by atoms with E-state index in [0.717, 1.165) is 16.7 Å². The topological polar surface area (TPSA) is 63.2 Å². The summed E-state index contributed by atoms with van der Waals surface area (Å²) in [6.45, 7) is 4.80. The molecule has 0 aliphatic carbocycles. The third-order valence-electron chi connectivity index (χ3n) is 6.13. The van der Waals surface area contributed by atoms with Gasteiger partial charge >= 0.3 is 5.97 Å². The Morgan fingerprint density at radius 2 is 1.17 bits per heavy atom. The molecule has 190 valence electrons. The van der Waals surface area contributed by atoms with Crippen molar-refractivity contribution in [3.8, 4) is 0 Å². The Bertz CT molecular complexity index is 1040.